The third-order valence-corrected chi connectivity index (χ3v) is 6.82. The third-order valence-electron chi connectivity index (χ3n) is 4.92. The van der Waals surface area contributed by atoms with Crippen LogP contribution in [0.1, 0.15) is 5.56 Å². The number of aromatic nitrogens is 1. The zero-order chi connectivity index (χ0) is 19.0. The van der Waals surface area contributed by atoms with Crippen molar-refractivity contribution in [3.8, 4) is 17.0 Å². The number of H-pyrrole nitrogens is 1. The van der Waals surface area contributed by atoms with Gasteiger partial charge in [-0.25, -0.2) is 8.42 Å². The van der Waals surface area contributed by atoms with E-state index in [0.717, 1.165) is 33.5 Å². The monoisotopic (exact) mass is 386 g/mol. The molecule has 0 spiro atoms. The molecule has 2 aromatic carbocycles. The number of morpholine rings is 1. The van der Waals surface area contributed by atoms with Crippen LogP contribution in [0.4, 0.5) is 0 Å². The average molecular weight is 386 g/mol. The topological polar surface area (TPSA) is 71.6 Å². The summed E-state index contributed by atoms with van der Waals surface area (Å²) in [5.74, 6) is 0.803. The van der Waals surface area contributed by atoms with Gasteiger partial charge in [-0.3, -0.25) is 0 Å². The number of fused-ring (bicyclic) bond motifs is 1. The normalized spacial score (nSPS) is 15.9. The highest BCUT2D eigenvalue weighted by Gasteiger charge is 2.26. The predicted molar refractivity (Wildman–Crippen MR) is 105 cm³/mol. The van der Waals surface area contributed by atoms with Crippen LogP contribution < -0.4 is 4.74 Å². The molecule has 6 nitrogen and oxygen atoms in total. The van der Waals surface area contributed by atoms with Gasteiger partial charge in [0, 0.05) is 35.2 Å². The molecule has 142 valence electrons. The predicted octanol–water partition coefficient (Wildman–Crippen LogP) is 3.17. The number of aryl methyl sites for hydroxylation is 1. The minimum Gasteiger partial charge on any atom is -0.497 e. The third kappa shape index (κ3) is 3.34. The van der Waals surface area contributed by atoms with E-state index >= 15 is 0 Å². The van der Waals surface area contributed by atoms with Crippen LogP contribution in [-0.4, -0.2) is 51.1 Å². The maximum absolute atomic E-state index is 12.8. The Bertz CT molecular complexity index is 1080. The Labute approximate surface area is 158 Å². The number of benzene rings is 2. The van der Waals surface area contributed by atoms with Crippen molar-refractivity contribution in [3.05, 3.63) is 48.0 Å². The second kappa shape index (κ2) is 6.99. The van der Waals surface area contributed by atoms with E-state index < -0.39 is 10.0 Å². The molecule has 0 radical (unpaired) electrons. The summed E-state index contributed by atoms with van der Waals surface area (Å²) in [6.45, 7) is 3.60. The first-order chi connectivity index (χ1) is 13.0. The quantitative estimate of drug-likeness (QED) is 0.748. The van der Waals surface area contributed by atoms with Gasteiger partial charge in [-0.15, -0.1) is 0 Å². The minimum atomic E-state index is -3.49. The molecular weight excluding hydrogens is 364 g/mol. The smallest absolute Gasteiger partial charge is 0.243 e. The molecule has 1 aliphatic heterocycles. The van der Waals surface area contributed by atoms with Crippen molar-refractivity contribution in [2.75, 3.05) is 33.4 Å². The lowest BCUT2D eigenvalue weighted by Gasteiger charge is -2.26. The van der Waals surface area contributed by atoms with E-state index in [1.807, 2.05) is 31.2 Å². The zero-order valence-corrected chi connectivity index (χ0v) is 16.2. The van der Waals surface area contributed by atoms with Crippen LogP contribution in [0.2, 0.25) is 0 Å². The summed E-state index contributed by atoms with van der Waals surface area (Å²) in [5.41, 5.74) is 3.84. The van der Waals surface area contributed by atoms with E-state index in [1.54, 1.807) is 19.2 Å². The number of nitrogens with zero attached hydrogens (tertiary/aromatic N) is 1. The lowest BCUT2D eigenvalue weighted by molar-refractivity contribution is 0.0730. The summed E-state index contributed by atoms with van der Waals surface area (Å²) in [4.78, 5) is 3.72. The molecule has 0 saturated carbocycles. The number of hydrogen-bond acceptors (Lipinski definition) is 4. The molecule has 7 heteroatoms. The first-order valence-corrected chi connectivity index (χ1v) is 10.3. The minimum absolute atomic E-state index is 0.323. The molecule has 0 amide bonds. The maximum atomic E-state index is 12.8. The van der Waals surface area contributed by atoms with Gasteiger partial charge in [-0.1, -0.05) is 6.07 Å². The summed E-state index contributed by atoms with van der Waals surface area (Å²) in [6, 6.07) is 13.2. The van der Waals surface area contributed by atoms with E-state index in [0.29, 0.717) is 31.2 Å². The Morgan fingerprint density at radius 2 is 1.85 bits per heavy atom. The van der Waals surface area contributed by atoms with Crippen LogP contribution in [0, 0.1) is 6.92 Å². The molecule has 2 heterocycles. The van der Waals surface area contributed by atoms with Crippen molar-refractivity contribution < 1.29 is 17.9 Å². The van der Waals surface area contributed by atoms with Crippen molar-refractivity contribution >= 4 is 20.9 Å². The molecule has 1 saturated heterocycles. The first-order valence-electron chi connectivity index (χ1n) is 8.85. The van der Waals surface area contributed by atoms with Gasteiger partial charge in [0.15, 0.2) is 0 Å². The van der Waals surface area contributed by atoms with Gasteiger partial charge in [0.25, 0.3) is 0 Å². The second-order valence-electron chi connectivity index (χ2n) is 6.63. The number of ether oxygens (including phenoxy) is 2. The Morgan fingerprint density at radius 1 is 1.07 bits per heavy atom. The maximum Gasteiger partial charge on any atom is 0.243 e. The molecular formula is C20H22N2O4S. The summed E-state index contributed by atoms with van der Waals surface area (Å²) in [6.07, 6.45) is 0. The molecule has 1 fully saturated rings. The lowest BCUT2D eigenvalue weighted by Crippen LogP contribution is -2.40. The van der Waals surface area contributed by atoms with Crippen LogP contribution >= 0.6 is 0 Å². The van der Waals surface area contributed by atoms with Gasteiger partial charge < -0.3 is 14.5 Å². The fraction of sp³-hybridized carbons (Fsp3) is 0.300. The van der Waals surface area contributed by atoms with E-state index in [9.17, 15) is 8.42 Å². The molecule has 0 unspecified atom stereocenters. The summed E-state index contributed by atoms with van der Waals surface area (Å²) < 4.78 is 37.7. The fourth-order valence-electron chi connectivity index (χ4n) is 3.42. The average Bonchev–Trinajstić information content (AvgIpc) is 3.11. The molecule has 1 N–H and O–H groups in total. The summed E-state index contributed by atoms with van der Waals surface area (Å²) in [7, 11) is -1.85. The van der Waals surface area contributed by atoms with E-state index in [-0.39, 0.29) is 0 Å². The van der Waals surface area contributed by atoms with Gasteiger partial charge in [-0.2, -0.15) is 4.31 Å². The molecule has 1 aromatic heterocycles. The largest absolute Gasteiger partial charge is 0.497 e. The number of methoxy groups -OCH3 is 1. The van der Waals surface area contributed by atoms with Crippen LogP contribution in [0.5, 0.6) is 5.75 Å². The molecule has 3 aromatic rings. The Hall–Kier alpha value is -2.35. The van der Waals surface area contributed by atoms with Crippen LogP contribution in [0.15, 0.2) is 47.4 Å². The van der Waals surface area contributed by atoms with Gasteiger partial charge in [-0.05, 0) is 48.9 Å². The first kappa shape index (κ1) is 18.0. The zero-order valence-electron chi connectivity index (χ0n) is 15.4. The Kier molecular flexibility index (Phi) is 4.67. The molecule has 0 bridgehead atoms. The summed E-state index contributed by atoms with van der Waals surface area (Å²) >= 11 is 0. The van der Waals surface area contributed by atoms with Crippen molar-refractivity contribution in [1.29, 1.82) is 0 Å². The highest BCUT2D eigenvalue weighted by Crippen LogP contribution is 2.30. The Balaban J connectivity index is 1.69. The molecule has 4 rings (SSSR count). The number of nitrogens with one attached hydrogen (secondary N) is 1. The van der Waals surface area contributed by atoms with Crippen molar-refractivity contribution in [2.45, 2.75) is 11.8 Å². The number of aromatic amines is 1. The highest BCUT2D eigenvalue weighted by molar-refractivity contribution is 7.89. The van der Waals surface area contributed by atoms with Gasteiger partial charge >= 0.3 is 0 Å². The van der Waals surface area contributed by atoms with Crippen molar-refractivity contribution in [3.63, 3.8) is 0 Å². The van der Waals surface area contributed by atoms with E-state index in [4.69, 9.17) is 9.47 Å². The number of hydrogen-bond donors (Lipinski definition) is 1. The fourth-order valence-corrected chi connectivity index (χ4v) is 4.91. The van der Waals surface area contributed by atoms with Crippen LogP contribution in [-0.2, 0) is 14.8 Å². The number of rotatable bonds is 4. The van der Waals surface area contributed by atoms with E-state index in [2.05, 4.69) is 11.1 Å². The van der Waals surface area contributed by atoms with Crippen molar-refractivity contribution in [2.24, 2.45) is 0 Å². The number of sulfonamides is 1. The highest BCUT2D eigenvalue weighted by atomic mass is 32.2. The molecule has 1 aliphatic rings. The standard InChI is InChI=1S/C20H22N2O4S/c1-14-11-17(27(23,24)22-7-9-26-10-8-22)4-5-18(14)20-13-15-12-16(25-2)3-6-19(15)21-20/h3-6,11-13,21H,7-10H2,1-2H3. The van der Waals surface area contributed by atoms with Crippen LogP contribution in [0.25, 0.3) is 22.2 Å². The molecule has 27 heavy (non-hydrogen) atoms. The second-order valence-corrected chi connectivity index (χ2v) is 8.57. The molecule has 0 aliphatic carbocycles. The van der Waals surface area contributed by atoms with Gasteiger partial charge in [0.1, 0.15) is 5.75 Å². The van der Waals surface area contributed by atoms with Gasteiger partial charge in [0.05, 0.1) is 25.2 Å². The SMILES string of the molecule is COc1ccc2[nH]c(-c3ccc(S(=O)(=O)N4CCOCC4)cc3C)cc2c1. The van der Waals surface area contributed by atoms with Crippen molar-refractivity contribution in [1.82, 2.24) is 9.29 Å². The molecule has 0 atom stereocenters. The van der Waals surface area contributed by atoms with Gasteiger partial charge in [0.2, 0.25) is 10.0 Å². The van der Waals surface area contributed by atoms with Crippen LogP contribution in [0.3, 0.4) is 0 Å². The summed E-state index contributed by atoms with van der Waals surface area (Å²) in [5, 5.41) is 1.05. The van der Waals surface area contributed by atoms with E-state index in [1.165, 1.54) is 4.31 Å². The lowest BCUT2D eigenvalue weighted by atomic mass is 10.1. The Morgan fingerprint density at radius 3 is 2.56 bits per heavy atom.